The van der Waals surface area contributed by atoms with Gasteiger partial charge in [-0.2, -0.15) is 64.8 Å². The number of halogens is 9. The highest BCUT2D eigenvalue weighted by Gasteiger charge is 2.50. The summed E-state index contributed by atoms with van der Waals surface area (Å²) in [6, 6.07) is 75.6. The average Bonchev–Trinajstić information content (AvgIpc) is 0.796. The molecule has 15 aromatic rings. The molecule has 10 aromatic carbocycles. The molecule has 5 heterocycles. The number of anilines is 7. The van der Waals surface area contributed by atoms with E-state index in [-0.39, 0.29) is 71.2 Å². The number of rotatable bonds is 23. The first-order chi connectivity index (χ1) is 60.8. The van der Waals surface area contributed by atoms with Crippen molar-refractivity contribution in [2.45, 2.75) is 73.3 Å². The minimum Gasteiger partial charge on any atom is -0.508 e. The van der Waals surface area contributed by atoms with Gasteiger partial charge in [0.05, 0.1) is 66.1 Å². The number of aromatic amines is 1. The topological polar surface area (TPSA) is 409 Å². The van der Waals surface area contributed by atoms with E-state index in [1.165, 1.54) is 30.3 Å². The molecule has 0 aliphatic rings. The minimum absolute atomic E-state index is 0. The number of ether oxygens (including phenoxy) is 3. The Kier molecular flexibility index (Phi) is 37.3. The Morgan fingerprint density at radius 2 is 0.767 bits per heavy atom. The van der Waals surface area contributed by atoms with Gasteiger partial charge >= 0.3 is 46.9 Å². The van der Waals surface area contributed by atoms with E-state index in [1.54, 1.807) is 88.1 Å². The Balaban J connectivity index is 0.000000259. The number of aromatic nitrogens is 5. The van der Waals surface area contributed by atoms with Crippen LogP contribution in [-0.4, -0.2) is 105 Å². The van der Waals surface area contributed by atoms with Crippen molar-refractivity contribution in [2.24, 2.45) is 0 Å². The number of para-hydroxylation sites is 4. The summed E-state index contributed by atoms with van der Waals surface area (Å²) in [5, 5.41) is 27.6. The highest BCUT2D eigenvalue weighted by Crippen LogP contribution is 2.34. The fourth-order valence-corrected chi connectivity index (χ4v) is 12.7. The molecule has 11 N–H and O–H groups in total. The number of pyridine rings is 5. The summed E-state index contributed by atoms with van der Waals surface area (Å²) >= 11 is 0. The standard InChI is InChI=1S/C26H24N4O2.C24H22N4O2.C18H15F3N2O4S.C11H5F6NO6S2.C9H7NO2.5CH4/c1-32-21-11-6-19(7-12-21)17-28-25-14-10-20-16-18(8-13-23(20)29-25)9-15-26(31)30-24-5-3-2-4-22(24)27;1-30-19-10-6-16(7-11-19)15-26-23-13-9-17-14-18(8-12-21(17)27-23)24(29)28-22-5-3-2-4-20(22)25;1-26-14-5-2-12(3-6-14)11-22-17-9-4-13-10-15(7-8-16(13)23-17)27-28(24,25)18(19,20)21;12-10(13,14)25(19,20)23-7-2-3-8-6(5-7)1-4-9(18-8)24-26(21,22)11(15,16)17;11-7-2-3-8-6(5-7)1-4-9(12)10-8;;;;;/h2-16H,17,27H2,1H3,(H,28,29)(H,30,31);2-14H,15,25H2,1H3,(H,26,27)(H,28,29);2-10H,11H2,1H3,(H,22,23);1-5H;1-5,11H,(H,10,12);5*1H4/b15-9+;;;;;;;;;. The number of carbonyl (C=O) groups excluding carboxylic acids is 2. The van der Waals surface area contributed by atoms with Gasteiger partial charge in [-0.05, 0) is 222 Å². The van der Waals surface area contributed by atoms with E-state index in [2.05, 4.69) is 64.1 Å². The molecule has 702 valence electrons. The number of H-pyrrole nitrogens is 1. The van der Waals surface area contributed by atoms with Crippen LogP contribution in [-0.2, 0) is 54.8 Å². The van der Waals surface area contributed by atoms with Crippen molar-refractivity contribution in [1.29, 1.82) is 0 Å². The van der Waals surface area contributed by atoms with Gasteiger partial charge in [-0.1, -0.05) is 104 Å². The lowest BCUT2D eigenvalue weighted by atomic mass is 10.1. The second-order valence-corrected chi connectivity index (χ2v) is 31.5. The van der Waals surface area contributed by atoms with E-state index in [4.69, 9.17) is 30.8 Å². The zero-order chi connectivity index (χ0) is 92.1. The third kappa shape index (κ3) is 29.8. The Labute approximate surface area is 760 Å². The van der Waals surface area contributed by atoms with Crippen molar-refractivity contribution >= 4 is 143 Å². The number of nitrogen functional groups attached to an aromatic ring is 2. The molecule has 0 aliphatic heterocycles. The first-order valence-corrected chi connectivity index (χ1v) is 41.6. The van der Waals surface area contributed by atoms with Crippen molar-refractivity contribution in [2.75, 3.05) is 59.4 Å². The largest absolute Gasteiger partial charge is 0.534 e. The fourth-order valence-electron chi connectivity index (χ4n) is 11.4. The quantitative estimate of drug-likeness (QED) is 0.00944. The maximum Gasteiger partial charge on any atom is 0.534 e. The number of nitrogens with one attached hydrogen (secondary N) is 6. The Morgan fingerprint density at radius 1 is 0.398 bits per heavy atom. The fraction of sp³-hybridized carbons (Fsp3) is 0.151. The normalized spacial score (nSPS) is 11.1. The number of amides is 2. The number of alkyl halides is 9. The Morgan fingerprint density at radius 3 is 1.20 bits per heavy atom. The van der Waals surface area contributed by atoms with Crippen molar-refractivity contribution in [1.82, 2.24) is 24.9 Å². The third-order valence-electron chi connectivity index (χ3n) is 17.9. The molecule has 5 aromatic heterocycles. The van der Waals surface area contributed by atoms with Gasteiger partial charge in [0.1, 0.15) is 52.0 Å². The van der Waals surface area contributed by atoms with Crippen molar-refractivity contribution < 1.29 is 106 Å². The van der Waals surface area contributed by atoms with Crippen molar-refractivity contribution in [3.8, 4) is 40.4 Å². The number of fused-ring (bicyclic) bond motifs is 5. The van der Waals surface area contributed by atoms with Gasteiger partial charge in [0, 0.05) is 75.9 Å². The zero-order valence-corrected chi connectivity index (χ0v) is 69.3. The average molecular weight is 1900 g/mol. The summed E-state index contributed by atoms with van der Waals surface area (Å²) in [4.78, 5) is 55.4. The van der Waals surface area contributed by atoms with Gasteiger partial charge in [-0.15, -0.1) is 0 Å². The molecule has 0 radical (unpaired) electrons. The number of nitrogens with two attached hydrogens (primary N) is 2. The van der Waals surface area contributed by atoms with E-state index in [9.17, 15) is 79.2 Å². The van der Waals surface area contributed by atoms with Crippen LogP contribution >= 0.6 is 0 Å². The van der Waals surface area contributed by atoms with Crippen LogP contribution in [0, 0.1) is 0 Å². The molecule has 40 heteroatoms. The lowest BCUT2D eigenvalue weighted by Crippen LogP contribution is -2.28. The number of carbonyl (C=O) groups is 2. The number of nitrogens with zero attached hydrogens (tertiary/aromatic N) is 4. The summed E-state index contributed by atoms with van der Waals surface area (Å²) in [6.45, 7) is 1.83. The molecule has 0 aliphatic carbocycles. The van der Waals surface area contributed by atoms with Gasteiger partial charge < -0.3 is 74.9 Å². The van der Waals surface area contributed by atoms with E-state index in [0.29, 0.717) is 70.7 Å². The number of phenols is 1. The molecular weight excluding hydrogens is 1810 g/mol. The number of hydrogen-bond donors (Lipinski definition) is 9. The molecule has 0 bridgehead atoms. The second kappa shape index (κ2) is 46.7. The highest BCUT2D eigenvalue weighted by molar-refractivity contribution is 7.88. The lowest BCUT2D eigenvalue weighted by Gasteiger charge is -2.11. The van der Waals surface area contributed by atoms with Crippen LogP contribution in [0.2, 0.25) is 0 Å². The number of hydrogen-bond acceptors (Lipinski definition) is 25. The highest BCUT2D eigenvalue weighted by atomic mass is 32.2. The smallest absolute Gasteiger partial charge is 0.508 e. The number of benzene rings is 10. The van der Waals surface area contributed by atoms with Gasteiger partial charge in [0.2, 0.25) is 17.3 Å². The zero-order valence-electron chi connectivity index (χ0n) is 66.9. The number of methoxy groups -OCH3 is 3. The van der Waals surface area contributed by atoms with Gasteiger partial charge in [-0.3, -0.25) is 14.4 Å². The predicted octanol–water partition coefficient (Wildman–Crippen LogP) is 21.0. The molecular formula is C93H93F9N12O16S3. The van der Waals surface area contributed by atoms with Gasteiger partial charge in [0.15, 0.2) is 0 Å². The van der Waals surface area contributed by atoms with Crippen LogP contribution < -0.4 is 70.4 Å². The summed E-state index contributed by atoms with van der Waals surface area (Å²) in [5.74, 6) is 2.17. The van der Waals surface area contributed by atoms with Crippen LogP contribution in [0.3, 0.4) is 0 Å². The van der Waals surface area contributed by atoms with Crippen LogP contribution in [0.5, 0.6) is 40.4 Å². The number of aromatic hydroxyl groups is 1. The van der Waals surface area contributed by atoms with Crippen molar-refractivity contribution in [3.05, 3.63) is 317 Å². The maximum atomic E-state index is 12.6. The van der Waals surface area contributed by atoms with Crippen molar-refractivity contribution in [3.63, 3.8) is 0 Å². The third-order valence-corrected chi connectivity index (χ3v) is 20.8. The van der Waals surface area contributed by atoms with Crippen LogP contribution in [0.4, 0.5) is 79.7 Å². The Hall–Kier alpha value is -15.5. The molecule has 133 heavy (non-hydrogen) atoms. The molecule has 0 fully saturated rings. The summed E-state index contributed by atoms with van der Waals surface area (Å²) in [6.07, 6.45) is 3.26. The summed E-state index contributed by atoms with van der Waals surface area (Å²) < 4.78 is 204. The van der Waals surface area contributed by atoms with Crippen LogP contribution in [0.15, 0.2) is 284 Å². The van der Waals surface area contributed by atoms with E-state index in [1.807, 2.05) is 152 Å². The molecule has 0 unspecified atom stereocenters. The first-order valence-electron chi connectivity index (χ1n) is 37.4. The van der Waals surface area contributed by atoms with E-state index >= 15 is 0 Å². The lowest BCUT2D eigenvalue weighted by molar-refractivity contribution is -0.111. The molecule has 0 saturated heterocycles. The minimum atomic E-state index is -5.96. The molecule has 0 atom stereocenters. The van der Waals surface area contributed by atoms with Crippen LogP contribution in [0.25, 0.3) is 60.6 Å². The summed E-state index contributed by atoms with van der Waals surface area (Å²) in [5.41, 5.74) is 4.47. The SMILES string of the molecule is C.C.C.C.C.COc1ccc(CNc2ccc3cc(/C=C/C(=O)Nc4ccccc4N)ccc3n2)cc1.COc1ccc(CNc2ccc3cc(C(=O)Nc4ccccc4N)ccc3n2)cc1.COc1ccc(CNc2ccc3cc(OS(=O)(=O)C(F)(F)F)ccc3n2)cc1.O=S(=O)(Oc1ccc2nc(OS(=O)(=O)C(F)(F)F)ccc2c1)C(F)(F)F.O=c1ccc2cc(O)ccc2[nH]1. The predicted molar refractivity (Wildman–Crippen MR) is 502 cm³/mol. The van der Waals surface area contributed by atoms with E-state index < -0.39 is 64.3 Å². The number of phenolic OH excluding ortho intramolecular Hbond substituents is 1. The molecule has 2 amide bonds. The first kappa shape index (κ1) is 106. The summed E-state index contributed by atoms with van der Waals surface area (Å²) in [7, 11) is -12.7. The Bertz CT molecular complexity index is 6890. The second-order valence-electron chi connectivity index (χ2n) is 26.9. The van der Waals surface area contributed by atoms with Crippen LogP contribution in [0.1, 0.15) is 69.7 Å². The maximum absolute atomic E-state index is 12.6. The van der Waals surface area contributed by atoms with E-state index in [0.717, 1.165) is 114 Å². The molecule has 28 nitrogen and oxygen atoms in total. The van der Waals surface area contributed by atoms with Gasteiger partial charge in [0.25, 0.3) is 5.91 Å². The molecule has 0 saturated carbocycles. The van der Waals surface area contributed by atoms with Gasteiger partial charge in [-0.25, -0.2) is 19.9 Å². The molecule has 0 spiro atoms. The molecule has 15 rings (SSSR count). The monoisotopic (exact) mass is 1900 g/mol.